The zero-order valence-electron chi connectivity index (χ0n) is 14.9. The summed E-state index contributed by atoms with van der Waals surface area (Å²) in [6.45, 7) is 6.45. The Morgan fingerprint density at radius 2 is 2.15 bits per heavy atom. The van der Waals surface area contributed by atoms with Crippen molar-refractivity contribution >= 4 is 24.8 Å². The molecular formula is C18H25Cl2N3O3. The second kappa shape index (κ2) is 9.06. The van der Waals surface area contributed by atoms with E-state index in [0.29, 0.717) is 18.0 Å². The average Bonchev–Trinajstić information content (AvgIpc) is 3.18. The number of hydrogen-bond donors (Lipinski definition) is 1. The van der Waals surface area contributed by atoms with Gasteiger partial charge in [-0.15, -0.1) is 24.8 Å². The van der Waals surface area contributed by atoms with Crippen LogP contribution in [0.1, 0.15) is 11.5 Å². The fourth-order valence-electron chi connectivity index (χ4n) is 3.47. The standard InChI is InChI=1S/C18H23N3O3.2ClH/c1-12-15(9-21-10-16-17(11-21)23-7-6-19-16)20-18(24-12)13-4-3-5-14(8-13)22-2;;/h3-5,8,16-17,19H,6-7,9-11H2,1-2H3;2*1H/t16-,17-;;/m0../s1. The van der Waals surface area contributed by atoms with Crippen molar-refractivity contribution in [2.24, 2.45) is 0 Å². The second-order valence-corrected chi connectivity index (χ2v) is 6.42. The van der Waals surface area contributed by atoms with Gasteiger partial charge >= 0.3 is 0 Å². The van der Waals surface area contributed by atoms with Gasteiger partial charge in [0.2, 0.25) is 5.89 Å². The van der Waals surface area contributed by atoms with E-state index in [1.165, 1.54) is 0 Å². The smallest absolute Gasteiger partial charge is 0.226 e. The molecule has 0 unspecified atom stereocenters. The normalized spacial score (nSPS) is 22.2. The van der Waals surface area contributed by atoms with Crippen LogP contribution in [0.2, 0.25) is 0 Å². The highest BCUT2D eigenvalue weighted by Gasteiger charge is 2.35. The van der Waals surface area contributed by atoms with E-state index >= 15 is 0 Å². The fourth-order valence-corrected chi connectivity index (χ4v) is 3.47. The van der Waals surface area contributed by atoms with Crippen LogP contribution in [-0.4, -0.2) is 55.4 Å². The van der Waals surface area contributed by atoms with Crippen LogP contribution in [0.5, 0.6) is 5.75 Å². The van der Waals surface area contributed by atoms with E-state index in [2.05, 4.69) is 10.2 Å². The van der Waals surface area contributed by atoms with Crippen molar-refractivity contribution in [3.8, 4) is 17.2 Å². The third kappa shape index (κ3) is 4.32. The Bertz CT molecular complexity index is 711. The molecule has 0 saturated carbocycles. The number of nitrogens with one attached hydrogen (secondary N) is 1. The summed E-state index contributed by atoms with van der Waals surface area (Å²) in [5.41, 5.74) is 1.93. The summed E-state index contributed by atoms with van der Waals surface area (Å²) in [4.78, 5) is 7.09. The van der Waals surface area contributed by atoms with Crippen LogP contribution >= 0.6 is 24.8 Å². The highest BCUT2D eigenvalue weighted by molar-refractivity contribution is 5.85. The molecule has 2 aliphatic heterocycles. The molecule has 1 N–H and O–H groups in total. The first kappa shape index (κ1) is 21.0. The first-order valence-electron chi connectivity index (χ1n) is 8.41. The number of benzene rings is 1. The minimum Gasteiger partial charge on any atom is -0.497 e. The zero-order valence-corrected chi connectivity index (χ0v) is 16.6. The van der Waals surface area contributed by atoms with Gasteiger partial charge < -0.3 is 19.2 Å². The number of methoxy groups -OCH3 is 1. The molecule has 4 rings (SSSR count). The number of morpholine rings is 1. The predicted octanol–water partition coefficient (Wildman–Crippen LogP) is 2.67. The van der Waals surface area contributed by atoms with Crippen molar-refractivity contribution in [3.05, 3.63) is 35.7 Å². The Kier molecular flexibility index (Phi) is 7.32. The molecule has 8 heteroatoms. The van der Waals surface area contributed by atoms with E-state index in [1.54, 1.807) is 7.11 Å². The zero-order chi connectivity index (χ0) is 16.5. The van der Waals surface area contributed by atoms with Crippen molar-refractivity contribution < 1.29 is 13.9 Å². The summed E-state index contributed by atoms with van der Waals surface area (Å²) < 4.78 is 17.0. The minimum absolute atomic E-state index is 0. The van der Waals surface area contributed by atoms with Gasteiger partial charge in [0.15, 0.2) is 0 Å². The summed E-state index contributed by atoms with van der Waals surface area (Å²) in [5.74, 6) is 2.32. The number of aromatic nitrogens is 1. The van der Waals surface area contributed by atoms with Crippen LogP contribution in [0, 0.1) is 6.92 Å². The topological polar surface area (TPSA) is 59.8 Å². The molecule has 1 aromatic carbocycles. The number of hydrogen-bond acceptors (Lipinski definition) is 6. The van der Waals surface area contributed by atoms with E-state index < -0.39 is 0 Å². The molecule has 0 amide bonds. The van der Waals surface area contributed by atoms with Gasteiger partial charge in [0.1, 0.15) is 11.5 Å². The Balaban J connectivity index is 0.00000121. The summed E-state index contributed by atoms with van der Waals surface area (Å²) in [5, 5.41) is 3.53. The molecule has 0 aliphatic carbocycles. The molecule has 3 heterocycles. The van der Waals surface area contributed by atoms with Crippen molar-refractivity contribution in [2.75, 3.05) is 33.4 Å². The van der Waals surface area contributed by atoms with Crippen LogP contribution in [0.25, 0.3) is 11.5 Å². The molecule has 26 heavy (non-hydrogen) atoms. The lowest BCUT2D eigenvalue weighted by Crippen LogP contribution is -2.47. The van der Waals surface area contributed by atoms with Crippen LogP contribution in [0.3, 0.4) is 0 Å². The molecule has 6 nitrogen and oxygen atoms in total. The average molecular weight is 402 g/mol. The van der Waals surface area contributed by atoms with Crippen LogP contribution in [-0.2, 0) is 11.3 Å². The van der Waals surface area contributed by atoms with E-state index in [4.69, 9.17) is 18.9 Å². The maximum absolute atomic E-state index is 5.89. The largest absolute Gasteiger partial charge is 0.497 e. The number of likely N-dealkylation sites (tertiary alicyclic amines) is 1. The molecular weight excluding hydrogens is 377 g/mol. The monoisotopic (exact) mass is 401 g/mol. The SMILES string of the molecule is COc1cccc(-c2nc(CN3C[C@@H]4NCCO[C@H]4C3)c(C)o2)c1.Cl.Cl. The molecule has 0 radical (unpaired) electrons. The molecule has 0 spiro atoms. The van der Waals surface area contributed by atoms with Crippen molar-refractivity contribution in [2.45, 2.75) is 25.6 Å². The number of rotatable bonds is 4. The molecule has 2 fully saturated rings. The summed E-state index contributed by atoms with van der Waals surface area (Å²) in [7, 11) is 1.66. The van der Waals surface area contributed by atoms with Crippen LogP contribution in [0.15, 0.2) is 28.7 Å². The van der Waals surface area contributed by atoms with Crippen LogP contribution in [0.4, 0.5) is 0 Å². The molecule has 144 valence electrons. The van der Waals surface area contributed by atoms with Gasteiger partial charge in [-0.2, -0.15) is 0 Å². The number of aryl methyl sites for hydroxylation is 1. The van der Waals surface area contributed by atoms with Gasteiger partial charge in [0.05, 0.1) is 25.5 Å². The van der Waals surface area contributed by atoms with Gasteiger partial charge in [-0.1, -0.05) is 6.07 Å². The number of fused-ring (bicyclic) bond motifs is 1. The second-order valence-electron chi connectivity index (χ2n) is 6.42. The summed E-state index contributed by atoms with van der Waals surface area (Å²) in [6.07, 6.45) is 0.295. The van der Waals surface area contributed by atoms with Gasteiger partial charge in [-0.25, -0.2) is 4.98 Å². The molecule has 1 aromatic heterocycles. The van der Waals surface area contributed by atoms with Crippen LogP contribution < -0.4 is 10.1 Å². The molecule has 2 atom stereocenters. The molecule has 0 bridgehead atoms. The van der Waals surface area contributed by atoms with E-state index in [0.717, 1.165) is 55.6 Å². The molecule has 2 aliphatic rings. The fraction of sp³-hybridized carbons (Fsp3) is 0.500. The van der Waals surface area contributed by atoms with E-state index in [-0.39, 0.29) is 24.8 Å². The lowest BCUT2D eigenvalue weighted by atomic mass is 10.2. The van der Waals surface area contributed by atoms with Gasteiger partial charge in [0.25, 0.3) is 0 Å². The van der Waals surface area contributed by atoms with E-state index in [1.807, 2.05) is 31.2 Å². The third-order valence-corrected chi connectivity index (χ3v) is 4.77. The summed E-state index contributed by atoms with van der Waals surface area (Å²) >= 11 is 0. The highest BCUT2D eigenvalue weighted by atomic mass is 35.5. The Morgan fingerprint density at radius 3 is 2.92 bits per heavy atom. The van der Waals surface area contributed by atoms with Crippen molar-refractivity contribution in [3.63, 3.8) is 0 Å². The first-order chi connectivity index (χ1) is 11.7. The minimum atomic E-state index is 0. The lowest BCUT2D eigenvalue weighted by Gasteiger charge is -2.25. The Morgan fingerprint density at radius 1 is 1.31 bits per heavy atom. The number of nitrogens with zero attached hydrogens (tertiary/aromatic N) is 2. The van der Waals surface area contributed by atoms with Gasteiger partial charge in [-0.3, -0.25) is 4.90 Å². The first-order valence-corrected chi connectivity index (χ1v) is 8.41. The number of oxazole rings is 1. The lowest BCUT2D eigenvalue weighted by molar-refractivity contribution is 0.0175. The number of halogens is 2. The van der Waals surface area contributed by atoms with Crippen molar-refractivity contribution in [1.29, 1.82) is 0 Å². The highest BCUT2D eigenvalue weighted by Crippen LogP contribution is 2.26. The third-order valence-electron chi connectivity index (χ3n) is 4.77. The summed E-state index contributed by atoms with van der Waals surface area (Å²) in [6, 6.07) is 8.22. The van der Waals surface area contributed by atoms with Gasteiger partial charge in [0, 0.05) is 37.8 Å². The van der Waals surface area contributed by atoms with E-state index in [9.17, 15) is 0 Å². The number of ether oxygens (including phenoxy) is 2. The van der Waals surface area contributed by atoms with Crippen molar-refractivity contribution in [1.82, 2.24) is 15.2 Å². The maximum atomic E-state index is 5.89. The molecule has 2 aromatic rings. The van der Waals surface area contributed by atoms with Gasteiger partial charge in [-0.05, 0) is 25.1 Å². The predicted molar refractivity (Wildman–Crippen MR) is 105 cm³/mol. The maximum Gasteiger partial charge on any atom is 0.226 e. The Hall–Kier alpha value is -1.31. The molecule has 2 saturated heterocycles. The quantitative estimate of drug-likeness (QED) is 0.849. The Labute approximate surface area is 166 Å².